The second-order valence-electron chi connectivity index (χ2n) is 7.34. The van der Waals surface area contributed by atoms with E-state index in [4.69, 9.17) is 0 Å². The zero-order valence-corrected chi connectivity index (χ0v) is 19.0. The molecule has 0 saturated carbocycles. The summed E-state index contributed by atoms with van der Waals surface area (Å²) in [5.41, 5.74) is 1.77. The monoisotopic (exact) mass is 471 g/mol. The number of hydrogen-bond donors (Lipinski definition) is 2. The van der Waals surface area contributed by atoms with E-state index in [-0.39, 0.29) is 5.69 Å². The number of carboxylic acids is 1. The zero-order chi connectivity index (χ0) is 24.0. The van der Waals surface area contributed by atoms with Crippen LogP contribution in [0, 0.1) is 0 Å². The molecule has 0 saturated heterocycles. The van der Waals surface area contributed by atoms with E-state index < -0.39 is 23.2 Å². The number of rotatable bonds is 8. The zero-order valence-electron chi connectivity index (χ0n) is 18.2. The molecule has 7 nitrogen and oxygen atoms in total. The summed E-state index contributed by atoms with van der Waals surface area (Å²) in [6.07, 6.45) is 0. The Hall–Kier alpha value is -4.30. The minimum absolute atomic E-state index is 0.0873. The molecule has 4 aromatic rings. The van der Waals surface area contributed by atoms with Crippen molar-refractivity contribution in [2.24, 2.45) is 5.16 Å². The van der Waals surface area contributed by atoms with Gasteiger partial charge in [0, 0.05) is 12.3 Å². The van der Waals surface area contributed by atoms with Gasteiger partial charge in [-0.25, -0.2) is 14.6 Å². The fourth-order valence-corrected chi connectivity index (χ4v) is 4.44. The van der Waals surface area contributed by atoms with Crippen LogP contribution >= 0.6 is 11.3 Å². The Bertz CT molecular complexity index is 1210. The number of anilines is 1. The van der Waals surface area contributed by atoms with E-state index in [9.17, 15) is 14.7 Å². The van der Waals surface area contributed by atoms with E-state index in [1.54, 1.807) is 5.38 Å². The van der Waals surface area contributed by atoms with Gasteiger partial charge in [-0.1, -0.05) is 96.2 Å². The highest BCUT2D eigenvalue weighted by atomic mass is 32.1. The number of aromatic nitrogens is 1. The SMILES string of the molecule is CC(=O)ON=C(C(=O)O)c1csc(NC(c2ccccc2)(c2ccccc2)c2ccccc2)n1. The lowest BCUT2D eigenvalue weighted by atomic mass is 9.77. The molecule has 3 aromatic carbocycles. The predicted octanol–water partition coefficient (Wildman–Crippen LogP) is 4.90. The molecule has 34 heavy (non-hydrogen) atoms. The molecular weight excluding hydrogens is 450 g/mol. The van der Waals surface area contributed by atoms with Crippen LogP contribution in [0.25, 0.3) is 0 Å². The average molecular weight is 472 g/mol. The van der Waals surface area contributed by atoms with Crippen LogP contribution < -0.4 is 5.32 Å². The van der Waals surface area contributed by atoms with Crippen molar-refractivity contribution in [1.82, 2.24) is 4.98 Å². The van der Waals surface area contributed by atoms with E-state index in [0.29, 0.717) is 5.13 Å². The number of aliphatic carboxylic acids is 1. The van der Waals surface area contributed by atoms with Crippen LogP contribution in [0.5, 0.6) is 0 Å². The van der Waals surface area contributed by atoms with E-state index in [2.05, 4.69) is 20.3 Å². The Morgan fingerprint density at radius 3 is 1.76 bits per heavy atom. The molecule has 4 rings (SSSR count). The predicted molar refractivity (Wildman–Crippen MR) is 131 cm³/mol. The lowest BCUT2D eigenvalue weighted by molar-refractivity contribution is -0.141. The van der Waals surface area contributed by atoms with Crippen LogP contribution in [0.4, 0.5) is 5.13 Å². The van der Waals surface area contributed by atoms with Gasteiger partial charge in [-0.15, -0.1) is 11.3 Å². The second kappa shape index (κ2) is 10.1. The highest BCUT2D eigenvalue weighted by Gasteiger charge is 2.37. The fourth-order valence-electron chi connectivity index (χ4n) is 3.69. The summed E-state index contributed by atoms with van der Waals surface area (Å²) >= 11 is 1.23. The van der Waals surface area contributed by atoms with Crippen LogP contribution in [0.15, 0.2) is 102 Å². The molecule has 170 valence electrons. The minimum atomic E-state index is -1.35. The van der Waals surface area contributed by atoms with E-state index in [1.165, 1.54) is 11.3 Å². The normalized spacial score (nSPS) is 11.6. The Morgan fingerprint density at radius 2 is 1.35 bits per heavy atom. The molecule has 0 atom stereocenters. The molecular formula is C26H21N3O4S. The number of carbonyl (C=O) groups is 2. The maximum absolute atomic E-state index is 11.7. The number of hydrogen-bond acceptors (Lipinski definition) is 7. The average Bonchev–Trinajstić information content (AvgIpc) is 3.32. The number of nitrogens with zero attached hydrogens (tertiary/aromatic N) is 2. The maximum atomic E-state index is 11.7. The number of carbonyl (C=O) groups excluding carboxylic acids is 1. The van der Waals surface area contributed by atoms with Gasteiger partial charge in [-0.3, -0.25) is 0 Å². The van der Waals surface area contributed by atoms with Crippen LogP contribution in [0.2, 0.25) is 0 Å². The highest BCUT2D eigenvalue weighted by molar-refractivity contribution is 7.14. The molecule has 0 aliphatic rings. The molecule has 0 bridgehead atoms. The molecule has 0 aliphatic carbocycles. The van der Waals surface area contributed by atoms with Gasteiger partial charge in [0.25, 0.3) is 0 Å². The molecule has 0 spiro atoms. The van der Waals surface area contributed by atoms with Crippen LogP contribution in [-0.4, -0.2) is 27.7 Å². The van der Waals surface area contributed by atoms with Gasteiger partial charge in [-0.2, -0.15) is 0 Å². The third kappa shape index (κ3) is 4.72. The Balaban J connectivity index is 1.86. The van der Waals surface area contributed by atoms with Crippen molar-refractivity contribution >= 4 is 34.1 Å². The highest BCUT2D eigenvalue weighted by Crippen LogP contribution is 2.40. The third-order valence-corrected chi connectivity index (χ3v) is 5.89. The maximum Gasteiger partial charge on any atom is 0.360 e. The first-order valence-corrected chi connectivity index (χ1v) is 11.3. The molecule has 0 aliphatic heterocycles. The van der Waals surface area contributed by atoms with Gasteiger partial charge in [-0.05, 0) is 16.7 Å². The molecule has 0 fully saturated rings. The van der Waals surface area contributed by atoms with Crippen LogP contribution in [0.3, 0.4) is 0 Å². The summed E-state index contributed by atoms with van der Waals surface area (Å²) < 4.78 is 0. The first-order valence-electron chi connectivity index (χ1n) is 10.4. The van der Waals surface area contributed by atoms with Gasteiger partial charge >= 0.3 is 11.9 Å². The van der Waals surface area contributed by atoms with Crippen LogP contribution in [-0.2, 0) is 20.0 Å². The van der Waals surface area contributed by atoms with Gasteiger partial charge in [0.15, 0.2) is 5.13 Å². The summed E-state index contributed by atoms with van der Waals surface area (Å²) in [5, 5.41) is 18.6. The summed E-state index contributed by atoms with van der Waals surface area (Å²) in [4.78, 5) is 31.8. The van der Waals surface area contributed by atoms with Crippen molar-refractivity contribution in [2.75, 3.05) is 5.32 Å². The minimum Gasteiger partial charge on any atom is -0.476 e. The van der Waals surface area contributed by atoms with Crippen molar-refractivity contribution < 1.29 is 19.5 Å². The molecule has 1 aromatic heterocycles. The van der Waals surface area contributed by atoms with Gasteiger partial charge in [0.2, 0.25) is 5.71 Å². The van der Waals surface area contributed by atoms with Gasteiger partial charge in [0.05, 0.1) is 0 Å². The molecule has 1 heterocycles. The molecule has 0 unspecified atom stereocenters. The Kier molecular flexibility index (Phi) is 6.79. The largest absolute Gasteiger partial charge is 0.476 e. The number of oxime groups is 1. The number of nitrogens with one attached hydrogen (secondary N) is 1. The summed E-state index contributed by atoms with van der Waals surface area (Å²) in [6, 6.07) is 29.9. The van der Waals surface area contributed by atoms with Crippen molar-refractivity contribution in [3.63, 3.8) is 0 Å². The number of benzene rings is 3. The van der Waals surface area contributed by atoms with E-state index in [0.717, 1.165) is 23.6 Å². The molecule has 2 N–H and O–H groups in total. The van der Waals surface area contributed by atoms with Gasteiger partial charge < -0.3 is 15.3 Å². The fraction of sp³-hybridized carbons (Fsp3) is 0.0769. The van der Waals surface area contributed by atoms with Crippen molar-refractivity contribution in [2.45, 2.75) is 12.5 Å². The van der Waals surface area contributed by atoms with Crippen LogP contribution in [0.1, 0.15) is 29.3 Å². The number of carboxylic acid groups (broad SMARTS) is 1. The topological polar surface area (TPSA) is 101 Å². The van der Waals surface area contributed by atoms with Crippen molar-refractivity contribution in [3.05, 3.63) is 119 Å². The summed E-state index contributed by atoms with van der Waals surface area (Å²) in [5.74, 6) is -2.07. The Labute approximate surface area is 200 Å². The quantitative estimate of drug-likeness (QED) is 0.164. The van der Waals surface area contributed by atoms with E-state index in [1.807, 2.05) is 91.0 Å². The molecule has 8 heteroatoms. The number of thiazole rings is 1. The first-order chi connectivity index (χ1) is 16.5. The van der Waals surface area contributed by atoms with E-state index >= 15 is 0 Å². The lowest BCUT2D eigenvalue weighted by Gasteiger charge is -2.36. The standard InChI is InChI=1S/C26H21N3O4S/c1-18(30)33-29-23(24(31)32)22-17-34-25(27-22)28-26(19-11-5-2-6-12-19,20-13-7-3-8-14-20)21-15-9-4-10-16-21/h2-17H,1H3,(H,27,28)(H,31,32). The second-order valence-corrected chi connectivity index (χ2v) is 8.20. The lowest BCUT2D eigenvalue weighted by Crippen LogP contribution is -2.38. The third-order valence-electron chi connectivity index (χ3n) is 5.13. The first kappa shape index (κ1) is 22.9. The van der Waals surface area contributed by atoms with Crippen molar-refractivity contribution in [3.8, 4) is 0 Å². The molecule has 0 radical (unpaired) electrons. The van der Waals surface area contributed by atoms with Gasteiger partial charge in [0.1, 0.15) is 11.2 Å². The summed E-state index contributed by atoms with van der Waals surface area (Å²) in [7, 11) is 0. The molecule has 0 amide bonds. The smallest absolute Gasteiger partial charge is 0.360 e. The van der Waals surface area contributed by atoms with Crippen molar-refractivity contribution in [1.29, 1.82) is 0 Å². The summed E-state index contributed by atoms with van der Waals surface area (Å²) in [6.45, 7) is 1.14. The Morgan fingerprint density at radius 1 is 0.882 bits per heavy atom.